The number of carbonyl (C=O) groups excluding carboxylic acids is 1. The molecule has 0 fully saturated rings. The molecule has 1 aliphatic heterocycles. The zero-order valence-corrected chi connectivity index (χ0v) is 12.5. The second-order valence-electron chi connectivity index (χ2n) is 5.01. The van der Waals surface area contributed by atoms with Crippen molar-refractivity contribution in [1.82, 2.24) is 5.32 Å². The number of amides is 1. The molecule has 1 aromatic heterocycles. The molecule has 2 aromatic rings. The molecule has 0 aliphatic carbocycles. The summed E-state index contributed by atoms with van der Waals surface area (Å²) in [7, 11) is 0. The van der Waals surface area contributed by atoms with Gasteiger partial charge in [0.15, 0.2) is 0 Å². The summed E-state index contributed by atoms with van der Waals surface area (Å²) in [6.07, 6.45) is 0.959. The number of carbonyl (C=O) groups is 1. The van der Waals surface area contributed by atoms with Crippen LogP contribution in [0.3, 0.4) is 0 Å². The number of nitrogens with zero attached hydrogens (tertiary/aromatic N) is 1. The fourth-order valence-electron chi connectivity index (χ4n) is 2.60. The molecule has 2 N–H and O–H groups in total. The van der Waals surface area contributed by atoms with Gasteiger partial charge in [0.1, 0.15) is 5.00 Å². The monoisotopic (exact) mass is 297 g/mol. The zero-order chi connectivity index (χ0) is 14.8. The first-order valence-electron chi connectivity index (χ1n) is 6.82. The molecule has 1 amide bonds. The second kappa shape index (κ2) is 5.68. The van der Waals surface area contributed by atoms with Crippen LogP contribution >= 0.6 is 11.3 Å². The smallest absolute Gasteiger partial charge is 0.221 e. The molecule has 106 valence electrons. The number of benzene rings is 1. The Morgan fingerprint density at radius 1 is 1.38 bits per heavy atom. The molecule has 0 unspecified atom stereocenters. The number of thiophene rings is 1. The molecule has 0 atom stereocenters. The van der Waals surface area contributed by atoms with Crippen molar-refractivity contribution in [2.75, 3.05) is 11.9 Å². The Labute approximate surface area is 127 Å². The number of hydrogen-bond acceptors (Lipinski definition) is 4. The Hall–Kier alpha value is -2.16. The maximum atomic E-state index is 11.4. The van der Waals surface area contributed by atoms with Crippen molar-refractivity contribution in [1.29, 1.82) is 5.26 Å². The fourth-order valence-corrected chi connectivity index (χ4v) is 3.89. The van der Waals surface area contributed by atoms with Crippen molar-refractivity contribution in [2.24, 2.45) is 0 Å². The number of rotatable bonds is 2. The molecule has 0 saturated carbocycles. The van der Waals surface area contributed by atoms with Crippen LogP contribution in [0.1, 0.15) is 22.9 Å². The van der Waals surface area contributed by atoms with Gasteiger partial charge in [0.05, 0.1) is 11.6 Å². The summed E-state index contributed by atoms with van der Waals surface area (Å²) in [5.74, 6) is -0.0588. The van der Waals surface area contributed by atoms with E-state index in [-0.39, 0.29) is 5.91 Å². The lowest BCUT2D eigenvalue weighted by molar-refractivity contribution is -0.114. The summed E-state index contributed by atoms with van der Waals surface area (Å²) in [6.45, 7) is 3.33. The first-order valence-corrected chi connectivity index (χ1v) is 7.64. The molecular weight excluding hydrogens is 282 g/mol. The maximum Gasteiger partial charge on any atom is 0.221 e. The molecule has 0 spiro atoms. The maximum absolute atomic E-state index is 11.4. The van der Waals surface area contributed by atoms with Crippen molar-refractivity contribution in [3.63, 3.8) is 0 Å². The first-order chi connectivity index (χ1) is 10.2. The Kier molecular flexibility index (Phi) is 3.74. The second-order valence-corrected chi connectivity index (χ2v) is 6.11. The van der Waals surface area contributed by atoms with Crippen molar-refractivity contribution < 1.29 is 4.79 Å². The summed E-state index contributed by atoms with van der Waals surface area (Å²) in [4.78, 5) is 12.7. The predicted molar refractivity (Wildman–Crippen MR) is 84.2 cm³/mol. The number of nitriles is 1. The normalized spacial score (nSPS) is 13.3. The Morgan fingerprint density at radius 3 is 2.81 bits per heavy atom. The van der Waals surface area contributed by atoms with Crippen molar-refractivity contribution >= 4 is 22.2 Å². The van der Waals surface area contributed by atoms with E-state index in [1.165, 1.54) is 17.4 Å². The summed E-state index contributed by atoms with van der Waals surface area (Å²) < 4.78 is 0. The number of hydrogen-bond donors (Lipinski definition) is 2. The van der Waals surface area contributed by atoms with Gasteiger partial charge in [0.25, 0.3) is 0 Å². The van der Waals surface area contributed by atoms with Crippen molar-refractivity contribution in [2.45, 2.75) is 19.9 Å². The molecule has 4 nitrogen and oxygen atoms in total. The van der Waals surface area contributed by atoms with E-state index >= 15 is 0 Å². The molecule has 3 rings (SSSR count). The minimum atomic E-state index is -0.0588. The largest absolute Gasteiger partial charge is 0.317 e. The standard InChI is InChI=1S/C16H15N3OS/c1-10(20)19-16-15(12-4-2-11(8-17)3-5-12)13-6-7-18-9-14(13)21-16/h2-5,18H,6-7,9H2,1H3,(H,19,20). The molecule has 0 bridgehead atoms. The molecule has 2 heterocycles. The van der Waals surface area contributed by atoms with Gasteiger partial charge in [-0.3, -0.25) is 4.79 Å². The van der Waals surface area contributed by atoms with Gasteiger partial charge in [-0.25, -0.2) is 0 Å². The van der Waals surface area contributed by atoms with E-state index in [9.17, 15) is 4.79 Å². The van der Waals surface area contributed by atoms with Gasteiger partial charge >= 0.3 is 0 Å². The highest BCUT2D eigenvalue weighted by atomic mass is 32.1. The molecule has 21 heavy (non-hydrogen) atoms. The molecular formula is C16H15N3OS. The average Bonchev–Trinajstić information content (AvgIpc) is 2.84. The van der Waals surface area contributed by atoms with E-state index in [1.807, 2.05) is 24.3 Å². The van der Waals surface area contributed by atoms with Gasteiger partial charge in [0.2, 0.25) is 5.91 Å². The minimum Gasteiger partial charge on any atom is -0.317 e. The minimum absolute atomic E-state index is 0.0588. The van der Waals surface area contributed by atoms with E-state index in [2.05, 4.69) is 16.7 Å². The van der Waals surface area contributed by atoms with E-state index in [0.29, 0.717) is 5.56 Å². The molecule has 1 aliphatic rings. The van der Waals surface area contributed by atoms with Crippen LogP contribution in [0.25, 0.3) is 11.1 Å². The topological polar surface area (TPSA) is 64.9 Å². The van der Waals surface area contributed by atoms with Crippen LogP contribution in [0, 0.1) is 11.3 Å². The lowest BCUT2D eigenvalue weighted by Gasteiger charge is -2.14. The summed E-state index contributed by atoms with van der Waals surface area (Å²) in [6, 6.07) is 9.67. The Bertz CT molecular complexity index is 725. The van der Waals surface area contributed by atoms with Gasteiger partial charge in [-0.15, -0.1) is 11.3 Å². The van der Waals surface area contributed by atoms with Gasteiger partial charge in [-0.05, 0) is 36.2 Å². The van der Waals surface area contributed by atoms with E-state index in [4.69, 9.17) is 5.26 Å². The van der Waals surface area contributed by atoms with Crippen LogP contribution in [0.5, 0.6) is 0 Å². The summed E-state index contributed by atoms with van der Waals surface area (Å²) >= 11 is 1.64. The third-order valence-electron chi connectivity index (χ3n) is 3.52. The highest BCUT2D eigenvalue weighted by Gasteiger charge is 2.22. The van der Waals surface area contributed by atoms with Gasteiger partial charge in [0, 0.05) is 23.9 Å². The third kappa shape index (κ3) is 2.68. The fraction of sp³-hybridized carbons (Fsp3) is 0.250. The average molecular weight is 297 g/mol. The van der Waals surface area contributed by atoms with Gasteiger partial charge < -0.3 is 10.6 Å². The van der Waals surface area contributed by atoms with Crippen LogP contribution in [0.2, 0.25) is 0 Å². The first kappa shape index (κ1) is 13.8. The Balaban J connectivity index is 2.11. The van der Waals surface area contributed by atoms with Crippen molar-refractivity contribution in [3.8, 4) is 17.2 Å². The summed E-state index contributed by atoms with van der Waals surface area (Å²) in [5, 5.41) is 16.1. The van der Waals surface area contributed by atoms with Gasteiger partial charge in [-0.1, -0.05) is 12.1 Å². The van der Waals surface area contributed by atoms with Crippen LogP contribution in [-0.4, -0.2) is 12.5 Å². The van der Waals surface area contributed by atoms with Crippen LogP contribution in [0.4, 0.5) is 5.00 Å². The summed E-state index contributed by atoms with van der Waals surface area (Å²) in [5.41, 5.74) is 4.12. The van der Waals surface area contributed by atoms with E-state index in [1.54, 1.807) is 11.3 Å². The lowest BCUT2D eigenvalue weighted by Crippen LogP contribution is -2.22. The Morgan fingerprint density at radius 2 is 2.14 bits per heavy atom. The number of nitrogens with one attached hydrogen (secondary N) is 2. The van der Waals surface area contributed by atoms with E-state index < -0.39 is 0 Å². The predicted octanol–water partition coefficient (Wildman–Crippen LogP) is 2.89. The quantitative estimate of drug-likeness (QED) is 0.896. The highest BCUT2D eigenvalue weighted by Crippen LogP contribution is 2.42. The third-order valence-corrected chi connectivity index (χ3v) is 4.67. The van der Waals surface area contributed by atoms with E-state index in [0.717, 1.165) is 35.6 Å². The molecule has 5 heteroatoms. The zero-order valence-electron chi connectivity index (χ0n) is 11.7. The molecule has 0 radical (unpaired) electrons. The molecule has 0 saturated heterocycles. The lowest BCUT2D eigenvalue weighted by atomic mass is 9.97. The van der Waals surface area contributed by atoms with Gasteiger partial charge in [-0.2, -0.15) is 5.26 Å². The SMILES string of the molecule is CC(=O)Nc1sc2c(c1-c1ccc(C#N)cc1)CCNC2. The van der Waals surface area contributed by atoms with Crippen molar-refractivity contribution in [3.05, 3.63) is 40.3 Å². The molecule has 1 aromatic carbocycles. The van der Waals surface area contributed by atoms with Crippen LogP contribution in [-0.2, 0) is 17.8 Å². The van der Waals surface area contributed by atoms with Crippen LogP contribution < -0.4 is 10.6 Å². The highest BCUT2D eigenvalue weighted by molar-refractivity contribution is 7.17. The number of fused-ring (bicyclic) bond motifs is 1. The number of anilines is 1. The van der Waals surface area contributed by atoms with Crippen LogP contribution in [0.15, 0.2) is 24.3 Å².